The minimum Gasteiger partial charge on any atom is -0.504 e. The van der Waals surface area contributed by atoms with Gasteiger partial charge >= 0.3 is 0 Å². The molecule has 0 atom stereocenters. The predicted molar refractivity (Wildman–Crippen MR) is 134 cm³/mol. The smallest absolute Gasteiger partial charge is 0.171 e. The van der Waals surface area contributed by atoms with Gasteiger partial charge in [-0.05, 0) is 92.7 Å². The van der Waals surface area contributed by atoms with Crippen LogP contribution in [-0.4, -0.2) is 12.2 Å². The van der Waals surface area contributed by atoms with Crippen molar-refractivity contribution in [2.24, 2.45) is 0 Å². The Kier molecular flexibility index (Phi) is 5.54. The number of thiol groups is 1. The molecule has 0 bridgehead atoms. The van der Waals surface area contributed by atoms with Crippen molar-refractivity contribution in [1.29, 1.82) is 0 Å². The molecule has 3 nitrogen and oxygen atoms in total. The predicted octanol–water partition coefficient (Wildman–Crippen LogP) is 7.04. The van der Waals surface area contributed by atoms with Crippen molar-refractivity contribution < 1.29 is 14.6 Å². The van der Waals surface area contributed by atoms with Crippen molar-refractivity contribution >= 4 is 33.5 Å². The summed E-state index contributed by atoms with van der Waals surface area (Å²) in [6.45, 7) is 0.409. The standard InChI is InChI=1S/C26H21IO3S/c1-29-23-15-17(14-22(27)26(23)28)16-30-18-10-12-19(13-11-18)31-24-8-4-2-6-20(24)21-7-3-5-9-25(21)31/h2-15,28,31H,16H2,1H3. The normalized spacial score (nSPS) is 12.9. The van der Waals surface area contributed by atoms with E-state index in [-0.39, 0.29) is 5.75 Å². The first-order valence-electron chi connectivity index (χ1n) is 9.92. The molecule has 0 radical (unpaired) electrons. The van der Waals surface area contributed by atoms with Gasteiger partial charge in [-0.1, -0.05) is 36.4 Å². The Labute approximate surface area is 198 Å². The summed E-state index contributed by atoms with van der Waals surface area (Å²) in [5.74, 6) is 1.44. The van der Waals surface area contributed by atoms with Gasteiger partial charge in [0.05, 0.1) is 10.7 Å². The average molecular weight is 540 g/mol. The Morgan fingerprint density at radius 2 is 1.45 bits per heavy atom. The first-order chi connectivity index (χ1) is 15.2. The van der Waals surface area contributed by atoms with E-state index in [1.807, 2.05) is 24.3 Å². The second-order valence-corrected chi connectivity index (χ2v) is 10.6. The lowest BCUT2D eigenvalue weighted by Crippen LogP contribution is -1.97. The largest absolute Gasteiger partial charge is 0.504 e. The van der Waals surface area contributed by atoms with Gasteiger partial charge in [-0.3, -0.25) is 0 Å². The fraction of sp³-hybridized carbons (Fsp3) is 0.0769. The Balaban J connectivity index is 1.38. The van der Waals surface area contributed by atoms with Crippen LogP contribution in [-0.2, 0) is 6.61 Å². The molecule has 0 saturated carbocycles. The molecule has 4 aromatic rings. The van der Waals surface area contributed by atoms with Gasteiger partial charge in [0.25, 0.3) is 0 Å². The SMILES string of the molecule is COc1cc(COc2ccc([SH]3c4ccccc4-c4ccccc43)cc2)cc(I)c1O. The number of hydrogen-bond acceptors (Lipinski definition) is 3. The number of hydrogen-bond donors (Lipinski definition) is 2. The van der Waals surface area contributed by atoms with Crippen molar-refractivity contribution in [2.75, 3.05) is 7.11 Å². The summed E-state index contributed by atoms with van der Waals surface area (Å²) >= 11 is 2.10. The molecule has 0 saturated heterocycles. The molecule has 31 heavy (non-hydrogen) atoms. The summed E-state index contributed by atoms with van der Waals surface area (Å²) in [7, 11) is 0.998. The van der Waals surface area contributed by atoms with Gasteiger partial charge in [0.2, 0.25) is 0 Å². The molecule has 4 aromatic carbocycles. The van der Waals surface area contributed by atoms with E-state index in [0.29, 0.717) is 12.4 Å². The van der Waals surface area contributed by atoms with E-state index in [4.69, 9.17) is 9.47 Å². The minimum absolute atomic E-state index is 0.163. The zero-order valence-electron chi connectivity index (χ0n) is 16.9. The van der Waals surface area contributed by atoms with Crippen LogP contribution in [0.1, 0.15) is 5.56 Å². The highest BCUT2D eigenvalue weighted by atomic mass is 127. The fourth-order valence-corrected chi connectivity index (χ4v) is 7.20. The first kappa shape index (κ1) is 20.3. The van der Waals surface area contributed by atoms with Gasteiger partial charge in [-0.25, -0.2) is 0 Å². The highest BCUT2D eigenvalue weighted by molar-refractivity contribution is 14.1. The van der Waals surface area contributed by atoms with E-state index in [0.717, 1.165) is 14.9 Å². The molecular formula is C26H21IO3S. The van der Waals surface area contributed by atoms with Gasteiger partial charge in [-0.15, -0.1) is 0 Å². The van der Waals surface area contributed by atoms with Gasteiger partial charge in [0, 0.05) is 9.79 Å². The number of ether oxygens (including phenoxy) is 2. The second kappa shape index (κ2) is 8.48. The molecule has 5 heteroatoms. The van der Waals surface area contributed by atoms with E-state index in [9.17, 15) is 5.11 Å². The van der Waals surface area contributed by atoms with Crippen molar-refractivity contribution in [3.63, 3.8) is 0 Å². The summed E-state index contributed by atoms with van der Waals surface area (Å²) in [5.41, 5.74) is 3.65. The van der Waals surface area contributed by atoms with Crippen molar-refractivity contribution in [3.05, 3.63) is 94.1 Å². The van der Waals surface area contributed by atoms with Crippen LogP contribution in [0.25, 0.3) is 11.1 Å². The van der Waals surface area contributed by atoms with E-state index >= 15 is 0 Å². The fourth-order valence-electron chi connectivity index (χ4n) is 3.92. The molecule has 0 unspecified atom stereocenters. The van der Waals surface area contributed by atoms with E-state index in [1.54, 1.807) is 7.11 Å². The van der Waals surface area contributed by atoms with Crippen LogP contribution in [0.3, 0.4) is 0 Å². The quantitative estimate of drug-likeness (QED) is 0.186. The summed E-state index contributed by atoms with van der Waals surface area (Å²) in [4.78, 5) is 4.15. The number of fused-ring (bicyclic) bond motifs is 3. The average Bonchev–Trinajstić information content (AvgIpc) is 3.14. The summed E-state index contributed by atoms with van der Waals surface area (Å²) in [5, 5.41) is 10.0. The monoisotopic (exact) mass is 540 g/mol. The van der Waals surface area contributed by atoms with Crippen LogP contribution in [0.4, 0.5) is 0 Å². The number of methoxy groups -OCH3 is 1. The molecule has 0 fully saturated rings. The van der Waals surface area contributed by atoms with Gasteiger partial charge in [-0.2, -0.15) is 10.9 Å². The number of phenols is 1. The maximum absolute atomic E-state index is 10.0. The lowest BCUT2D eigenvalue weighted by molar-refractivity contribution is 0.304. The highest BCUT2D eigenvalue weighted by Gasteiger charge is 2.26. The molecule has 1 heterocycles. The van der Waals surface area contributed by atoms with Crippen LogP contribution in [0, 0.1) is 3.57 Å². The maximum Gasteiger partial charge on any atom is 0.171 e. The van der Waals surface area contributed by atoms with Gasteiger partial charge in [0.15, 0.2) is 11.5 Å². The van der Waals surface area contributed by atoms with Crippen LogP contribution < -0.4 is 9.47 Å². The van der Waals surface area contributed by atoms with E-state index in [2.05, 4.69) is 83.3 Å². The Morgan fingerprint density at radius 3 is 2.06 bits per heavy atom. The molecule has 1 N–H and O–H groups in total. The molecular weight excluding hydrogens is 519 g/mol. The molecule has 0 aromatic heterocycles. The van der Waals surface area contributed by atoms with Crippen LogP contribution >= 0.6 is 33.5 Å². The maximum atomic E-state index is 10.0. The molecule has 0 spiro atoms. The molecule has 0 aliphatic carbocycles. The van der Waals surface area contributed by atoms with Crippen molar-refractivity contribution in [3.8, 4) is 28.4 Å². The molecule has 1 aliphatic heterocycles. The Hall–Kier alpha value is -2.64. The van der Waals surface area contributed by atoms with E-state index in [1.165, 1.54) is 25.8 Å². The van der Waals surface area contributed by atoms with Crippen LogP contribution in [0.5, 0.6) is 17.2 Å². The number of benzene rings is 4. The molecule has 5 rings (SSSR count). The van der Waals surface area contributed by atoms with E-state index < -0.39 is 10.9 Å². The van der Waals surface area contributed by atoms with Crippen LogP contribution in [0.2, 0.25) is 0 Å². The zero-order valence-corrected chi connectivity index (χ0v) is 19.9. The van der Waals surface area contributed by atoms with Crippen LogP contribution in [0.15, 0.2) is 99.6 Å². The summed E-state index contributed by atoms with van der Waals surface area (Å²) < 4.78 is 12.0. The second-order valence-electron chi connectivity index (χ2n) is 7.28. The third kappa shape index (κ3) is 3.77. The number of rotatable bonds is 5. The zero-order chi connectivity index (χ0) is 21.4. The van der Waals surface area contributed by atoms with Gasteiger partial charge in [0.1, 0.15) is 12.4 Å². The third-order valence-corrected chi connectivity index (χ3v) is 8.77. The summed E-state index contributed by atoms with van der Waals surface area (Å²) in [6, 6.07) is 29.6. The lowest BCUT2D eigenvalue weighted by Gasteiger charge is -2.19. The first-order valence-corrected chi connectivity index (χ1v) is 12.3. The molecule has 156 valence electrons. The van der Waals surface area contributed by atoms with Crippen molar-refractivity contribution in [1.82, 2.24) is 0 Å². The molecule has 1 aliphatic rings. The Bertz CT molecular complexity index is 1210. The number of halogens is 1. The van der Waals surface area contributed by atoms with Gasteiger partial charge < -0.3 is 14.6 Å². The topological polar surface area (TPSA) is 38.7 Å². The minimum atomic E-state index is -0.553. The number of aromatic hydroxyl groups is 1. The molecule has 0 amide bonds. The van der Waals surface area contributed by atoms with Crippen molar-refractivity contribution in [2.45, 2.75) is 21.3 Å². The highest BCUT2D eigenvalue weighted by Crippen LogP contribution is 2.62. The lowest BCUT2D eigenvalue weighted by atomic mass is 10.1. The summed E-state index contributed by atoms with van der Waals surface area (Å²) in [6.07, 6.45) is 0. The Morgan fingerprint density at radius 1 is 0.839 bits per heavy atom. The number of phenolic OH excluding ortho intramolecular Hbond substituents is 1. The third-order valence-electron chi connectivity index (χ3n) is 5.39.